The molecule has 8 nitrogen and oxygen atoms in total. The molecule has 178 valence electrons. The molecule has 0 bridgehead atoms. The Labute approximate surface area is 201 Å². The van der Waals surface area contributed by atoms with E-state index in [1.807, 2.05) is 15.2 Å². The van der Waals surface area contributed by atoms with Crippen LogP contribution >= 0.6 is 11.6 Å². The van der Waals surface area contributed by atoms with Gasteiger partial charge in [0.2, 0.25) is 5.28 Å². The number of fused-ring (bicyclic) bond motifs is 2. The Morgan fingerprint density at radius 2 is 1.94 bits per heavy atom. The first-order chi connectivity index (χ1) is 16.6. The molecule has 3 atom stereocenters. The van der Waals surface area contributed by atoms with E-state index in [-0.39, 0.29) is 29.5 Å². The molecule has 4 heterocycles. The first-order valence-electron chi connectivity index (χ1n) is 11.8. The molecule has 4 aromatic rings. The van der Waals surface area contributed by atoms with Crippen LogP contribution in [-0.2, 0) is 9.47 Å². The van der Waals surface area contributed by atoms with E-state index in [1.54, 1.807) is 19.8 Å². The van der Waals surface area contributed by atoms with E-state index in [2.05, 4.69) is 19.9 Å². The summed E-state index contributed by atoms with van der Waals surface area (Å²) in [4.78, 5) is 17.9. The number of ether oxygens (including phenoxy) is 2. The number of hydrogen-bond donors (Lipinski definition) is 0. The van der Waals surface area contributed by atoms with Gasteiger partial charge in [-0.05, 0) is 68.7 Å². The van der Waals surface area contributed by atoms with Gasteiger partial charge in [0.1, 0.15) is 28.8 Å². The van der Waals surface area contributed by atoms with Gasteiger partial charge < -0.3 is 14.0 Å². The second kappa shape index (κ2) is 8.87. The second-order valence-corrected chi connectivity index (χ2v) is 9.48. The lowest BCUT2D eigenvalue weighted by Crippen LogP contribution is -2.23. The molecule has 1 saturated carbocycles. The molecule has 0 N–H and O–H groups in total. The number of halogens is 2. The predicted molar refractivity (Wildman–Crippen MR) is 126 cm³/mol. The molecule has 3 aromatic heterocycles. The van der Waals surface area contributed by atoms with Crippen LogP contribution in [0, 0.1) is 5.82 Å². The minimum Gasteiger partial charge on any atom is -0.381 e. The highest BCUT2D eigenvalue weighted by Crippen LogP contribution is 2.36. The molecule has 1 aliphatic heterocycles. The van der Waals surface area contributed by atoms with Crippen molar-refractivity contribution in [1.82, 2.24) is 29.1 Å². The topological polar surface area (TPSA) is 79.9 Å². The lowest BCUT2D eigenvalue weighted by Gasteiger charge is -2.29. The van der Waals surface area contributed by atoms with Gasteiger partial charge in [-0.25, -0.2) is 19.3 Å². The molecule has 1 aliphatic carbocycles. The number of benzene rings is 1. The third-order valence-electron chi connectivity index (χ3n) is 7.08. The Kier molecular flexibility index (Phi) is 5.71. The van der Waals surface area contributed by atoms with Crippen molar-refractivity contribution in [3.05, 3.63) is 35.9 Å². The fourth-order valence-electron chi connectivity index (χ4n) is 5.37. The van der Waals surface area contributed by atoms with Crippen LogP contribution in [0.3, 0.4) is 0 Å². The molecule has 0 radical (unpaired) electrons. The summed E-state index contributed by atoms with van der Waals surface area (Å²) in [5.41, 5.74) is 3.28. The fraction of sp³-hybridized carbons (Fsp3) is 0.500. The zero-order valence-corrected chi connectivity index (χ0v) is 19.7. The van der Waals surface area contributed by atoms with Crippen LogP contribution in [0.25, 0.3) is 33.5 Å². The number of hydrogen-bond acceptors (Lipinski definition) is 6. The maximum Gasteiger partial charge on any atom is 0.225 e. The predicted octanol–water partition coefficient (Wildman–Crippen LogP) is 5.46. The monoisotopic (exact) mass is 484 g/mol. The summed E-state index contributed by atoms with van der Waals surface area (Å²) in [6.07, 6.45) is 10.4. The van der Waals surface area contributed by atoms with Gasteiger partial charge in [-0.3, -0.25) is 4.57 Å². The highest BCUT2D eigenvalue weighted by atomic mass is 35.5. The van der Waals surface area contributed by atoms with Crippen LogP contribution in [0.2, 0.25) is 5.28 Å². The highest BCUT2D eigenvalue weighted by Gasteiger charge is 2.26. The standard InChI is InChI=1S/C24H26ClFN6O2/c1-33-16-6-4-5-15(11-16)31-12-27-18-10-14(9-17(26)22(18)31)20-21-23(30-24(25)29-20)32(13-28-21)19-7-2-3-8-34-19/h9-10,12-13,15-16,19H,2-8,11H2,1H3. The molecule has 0 amide bonds. The van der Waals surface area contributed by atoms with Crippen molar-refractivity contribution in [2.75, 3.05) is 13.7 Å². The first-order valence-corrected chi connectivity index (χ1v) is 12.2. The van der Waals surface area contributed by atoms with Gasteiger partial charge in [-0.1, -0.05) is 0 Å². The second-order valence-electron chi connectivity index (χ2n) is 9.14. The molecular formula is C24H26ClFN6O2. The Morgan fingerprint density at radius 1 is 1.06 bits per heavy atom. The van der Waals surface area contributed by atoms with Gasteiger partial charge in [0.05, 0.1) is 24.3 Å². The van der Waals surface area contributed by atoms with Gasteiger partial charge in [0, 0.05) is 25.3 Å². The van der Waals surface area contributed by atoms with Crippen LogP contribution in [0.1, 0.15) is 57.2 Å². The van der Waals surface area contributed by atoms with Gasteiger partial charge in [-0.2, -0.15) is 4.98 Å². The van der Waals surface area contributed by atoms with Crippen molar-refractivity contribution in [2.24, 2.45) is 0 Å². The minimum atomic E-state index is -0.345. The average molecular weight is 485 g/mol. The average Bonchev–Trinajstić information content (AvgIpc) is 3.49. The molecule has 1 aromatic carbocycles. The van der Waals surface area contributed by atoms with E-state index in [4.69, 9.17) is 21.1 Å². The molecule has 2 aliphatic rings. The van der Waals surface area contributed by atoms with Crippen molar-refractivity contribution in [3.8, 4) is 11.3 Å². The number of imidazole rings is 2. The Bertz CT molecular complexity index is 1350. The highest BCUT2D eigenvalue weighted by molar-refractivity contribution is 6.28. The van der Waals surface area contributed by atoms with Crippen molar-refractivity contribution in [3.63, 3.8) is 0 Å². The normalized spacial score (nSPS) is 23.7. The maximum atomic E-state index is 15.5. The van der Waals surface area contributed by atoms with Crippen molar-refractivity contribution < 1.29 is 13.9 Å². The largest absolute Gasteiger partial charge is 0.381 e. The lowest BCUT2D eigenvalue weighted by molar-refractivity contribution is -0.0298. The fourth-order valence-corrected chi connectivity index (χ4v) is 5.53. The smallest absolute Gasteiger partial charge is 0.225 e. The molecule has 34 heavy (non-hydrogen) atoms. The van der Waals surface area contributed by atoms with Gasteiger partial charge in [-0.15, -0.1) is 0 Å². The number of aromatic nitrogens is 6. The third-order valence-corrected chi connectivity index (χ3v) is 7.25. The summed E-state index contributed by atoms with van der Waals surface area (Å²) in [6.45, 7) is 0.701. The SMILES string of the molecule is COC1CCCC(n2cnc3cc(-c4nc(Cl)nc5c4ncn5C4CCCCO4)cc(F)c32)C1. The summed E-state index contributed by atoms with van der Waals surface area (Å²) < 4.78 is 30.9. The van der Waals surface area contributed by atoms with Crippen molar-refractivity contribution in [2.45, 2.75) is 63.3 Å². The van der Waals surface area contributed by atoms with Crippen LogP contribution < -0.4 is 0 Å². The van der Waals surface area contributed by atoms with Gasteiger partial charge in [0.25, 0.3) is 0 Å². The number of methoxy groups -OCH3 is 1. The van der Waals surface area contributed by atoms with E-state index in [0.29, 0.717) is 40.1 Å². The zero-order valence-electron chi connectivity index (χ0n) is 19.0. The summed E-state index contributed by atoms with van der Waals surface area (Å²) in [5.74, 6) is -0.345. The summed E-state index contributed by atoms with van der Waals surface area (Å²) in [6, 6.07) is 3.50. The maximum absolute atomic E-state index is 15.5. The van der Waals surface area contributed by atoms with Gasteiger partial charge >= 0.3 is 0 Å². The van der Waals surface area contributed by atoms with Crippen LogP contribution in [-0.4, -0.2) is 48.9 Å². The van der Waals surface area contributed by atoms with Crippen LogP contribution in [0.5, 0.6) is 0 Å². The molecule has 2 fully saturated rings. The van der Waals surface area contributed by atoms with Crippen LogP contribution in [0.15, 0.2) is 24.8 Å². The summed E-state index contributed by atoms with van der Waals surface area (Å²) in [5, 5.41) is 0.0823. The van der Waals surface area contributed by atoms with Crippen molar-refractivity contribution >= 4 is 33.8 Å². The molecular weight excluding hydrogens is 459 g/mol. The molecule has 6 rings (SSSR count). The third kappa shape index (κ3) is 3.76. The number of nitrogens with zero attached hydrogens (tertiary/aromatic N) is 6. The van der Waals surface area contributed by atoms with E-state index >= 15 is 4.39 Å². The number of rotatable bonds is 4. The van der Waals surface area contributed by atoms with Crippen LogP contribution in [0.4, 0.5) is 4.39 Å². The summed E-state index contributed by atoms with van der Waals surface area (Å²) in [7, 11) is 1.74. The minimum absolute atomic E-state index is 0.0823. The van der Waals surface area contributed by atoms with E-state index in [1.165, 1.54) is 6.07 Å². The zero-order chi connectivity index (χ0) is 23.2. The van der Waals surface area contributed by atoms with Crippen molar-refractivity contribution in [1.29, 1.82) is 0 Å². The van der Waals surface area contributed by atoms with Gasteiger partial charge in [0.15, 0.2) is 5.65 Å². The first kappa shape index (κ1) is 21.9. The summed E-state index contributed by atoms with van der Waals surface area (Å²) >= 11 is 6.30. The molecule has 1 saturated heterocycles. The lowest BCUT2D eigenvalue weighted by atomic mass is 9.92. The quantitative estimate of drug-likeness (QED) is 0.357. The Hall–Kier alpha value is -2.62. The van der Waals surface area contributed by atoms with E-state index in [0.717, 1.165) is 44.9 Å². The molecule has 3 unspecified atom stereocenters. The molecule has 10 heteroatoms. The molecule has 0 spiro atoms. The van der Waals surface area contributed by atoms with E-state index < -0.39 is 0 Å². The van der Waals surface area contributed by atoms with E-state index in [9.17, 15) is 0 Å². The Morgan fingerprint density at radius 3 is 2.76 bits per heavy atom. The Balaban J connectivity index is 1.42.